The van der Waals surface area contributed by atoms with Crippen molar-refractivity contribution in [3.8, 4) is 0 Å². The van der Waals surface area contributed by atoms with Crippen LogP contribution in [0.3, 0.4) is 0 Å². The number of carbonyl (C=O) groups excluding carboxylic acids is 3. The van der Waals surface area contributed by atoms with Gasteiger partial charge in [-0.2, -0.15) is 8.42 Å². The molecule has 0 saturated heterocycles. The minimum Gasteiger partial charge on any atom is -0.434 e. The Balaban J connectivity index is 4.51. The Labute approximate surface area is 177 Å². The Kier molecular flexibility index (Phi) is 12.5. The molecule has 11 nitrogen and oxygen atoms in total. The lowest BCUT2D eigenvalue weighted by Gasteiger charge is -2.29. The van der Waals surface area contributed by atoms with Gasteiger partial charge in [0.2, 0.25) is 12.2 Å². The van der Waals surface area contributed by atoms with E-state index in [-0.39, 0.29) is 31.2 Å². The molecule has 1 unspecified atom stereocenters. The second-order valence-corrected chi connectivity index (χ2v) is 9.09. The predicted octanol–water partition coefficient (Wildman–Crippen LogP) is 1.09. The Morgan fingerprint density at radius 1 is 1.13 bits per heavy atom. The average Bonchev–Trinajstić information content (AvgIpc) is 2.63. The van der Waals surface area contributed by atoms with Crippen molar-refractivity contribution in [2.24, 2.45) is 5.41 Å². The van der Waals surface area contributed by atoms with Crippen molar-refractivity contribution in [3.05, 3.63) is 0 Å². The fourth-order valence-electron chi connectivity index (χ4n) is 1.93. The summed E-state index contributed by atoms with van der Waals surface area (Å²) in [4.78, 5) is 34.3. The molecule has 1 amide bonds. The number of aliphatic hydroxyl groups excluding tert-OH is 1. The summed E-state index contributed by atoms with van der Waals surface area (Å²) in [6.07, 6.45) is -2.43. The monoisotopic (exact) mass is 455 g/mol. The molecule has 0 aromatic heterocycles. The molecule has 0 aliphatic rings. The fourth-order valence-corrected chi connectivity index (χ4v) is 3.03. The van der Waals surface area contributed by atoms with Gasteiger partial charge in [-0.3, -0.25) is 8.98 Å². The van der Waals surface area contributed by atoms with Crippen molar-refractivity contribution in [2.75, 3.05) is 25.5 Å². The van der Waals surface area contributed by atoms with Gasteiger partial charge in [0.1, 0.15) is 0 Å². The largest absolute Gasteiger partial charge is 0.511 e. The number of amides is 1. The Hall–Kier alpha value is -1.92. The Morgan fingerprint density at radius 2 is 1.77 bits per heavy atom. The predicted molar refractivity (Wildman–Crippen MR) is 106 cm³/mol. The molecule has 2 N–H and O–H groups in total. The molecule has 0 aliphatic carbocycles. The lowest BCUT2D eigenvalue weighted by molar-refractivity contribution is -0.184. The molecule has 0 fully saturated rings. The number of aliphatic hydroxyl groups is 1. The van der Waals surface area contributed by atoms with Gasteiger partial charge in [-0.05, 0) is 12.8 Å². The molecule has 30 heavy (non-hydrogen) atoms. The first-order chi connectivity index (χ1) is 13.8. The molecule has 0 rings (SSSR count). The van der Waals surface area contributed by atoms with Crippen molar-refractivity contribution < 1.29 is 46.3 Å². The summed E-state index contributed by atoms with van der Waals surface area (Å²) in [5, 5.41) is 12.7. The van der Waals surface area contributed by atoms with E-state index in [0.29, 0.717) is 6.42 Å². The van der Waals surface area contributed by atoms with Crippen LogP contribution in [0.15, 0.2) is 0 Å². The van der Waals surface area contributed by atoms with E-state index in [1.165, 1.54) is 27.7 Å². The number of hydrogen-bond acceptors (Lipinski definition) is 10. The summed E-state index contributed by atoms with van der Waals surface area (Å²) in [7, 11) is -3.92. The van der Waals surface area contributed by atoms with Crippen LogP contribution in [0.4, 0.5) is 4.79 Å². The zero-order chi connectivity index (χ0) is 23.4. The van der Waals surface area contributed by atoms with E-state index in [0.717, 1.165) is 6.42 Å². The van der Waals surface area contributed by atoms with E-state index in [2.05, 4.69) is 5.32 Å². The van der Waals surface area contributed by atoms with Gasteiger partial charge in [-0.25, -0.2) is 9.59 Å². The van der Waals surface area contributed by atoms with E-state index in [1.807, 2.05) is 6.92 Å². The highest BCUT2D eigenvalue weighted by molar-refractivity contribution is 7.86. The second-order valence-electron chi connectivity index (χ2n) is 7.33. The molecule has 0 bridgehead atoms. The van der Waals surface area contributed by atoms with E-state index >= 15 is 0 Å². The van der Waals surface area contributed by atoms with Crippen LogP contribution >= 0.6 is 0 Å². The minimum atomic E-state index is -3.92. The summed E-state index contributed by atoms with van der Waals surface area (Å²) in [6, 6.07) is 0. The van der Waals surface area contributed by atoms with Gasteiger partial charge in [0.15, 0.2) is 6.10 Å². The summed E-state index contributed by atoms with van der Waals surface area (Å²) in [5.41, 5.74) is -1.32. The van der Waals surface area contributed by atoms with Crippen LogP contribution in [0, 0.1) is 5.41 Å². The molecular formula is C18H33NO10S. The molecule has 0 heterocycles. The van der Waals surface area contributed by atoms with Gasteiger partial charge in [0, 0.05) is 25.8 Å². The molecule has 2 atom stereocenters. The Morgan fingerprint density at radius 3 is 2.33 bits per heavy atom. The molecule has 0 radical (unpaired) electrons. The van der Waals surface area contributed by atoms with Crippen LogP contribution < -0.4 is 5.32 Å². The fraction of sp³-hybridized carbons (Fsp3) is 0.833. The van der Waals surface area contributed by atoms with Crippen LogP contribution in [0.25, 0.3) is 0 Å². The molecule has 176 valence electrons. The summed E-state index contributed by atoms with van der Waals surface area (Å²) in [5.74, 6) is -1.72. The van der Waals surface area contributed by atoms with Crippen molar-refractivity contribution in [1.82, 2.24) is 5.32 Å². The normalized spacial score (nSPS) is 13.8. The van der Waals surface area contributed by atoms with E-state index < -0.39 is 46.7 Å². The SMILES string of the molecule is CCCCOC(=O)OC(C)OC(=O)[C@H](O)C(C)(C)COS(=O)(=O)CCCNC(C)=O. The first-order valence-electron chi connectivity index (χ1n) is 9.64. The van der Waals surface area contributed by atoms with Crippen molar-refractivity contribution in [2.45, 2.75) is 66.3 Å². The molecule has 0 aliphatic heterocycles. The third kappa shape index (κ3) is 12.6. The number of ether oxygens (including phenoxy) is 3. The molecule has 0 aromatic carbocycles. The van der Waals surface area contributed by atoms with Gasteiger partial charge in [-0.1, -0.05) is 27.2 Å². The number of rotatable bonds is 14. The maximum atomic E-state index is 12.1. The lowest BCUT2D eigenvalue weighted by Crippen LogP contribution is -2.43. The van der Waals surface area contributed by atoms with Crippen LogP contribution in [0.2, 0.25) is 0 Å². The third-order valence-corrected chi connectivity index (χ3v) is 5.05. The van der Waals surface area contributed by atoms with Crippen molar-refractivity contribution in [1.29, 1.82) is 0 Å². The van der Waals surface area contributed by atoms with Crippen LogP contribution in [0.5, 0.6) is 0 Å². The highest BCUT2D eigenvalue weighted by Gasteiger charge is 2.37. The van der Waals surface area contributed by atoms with Crippen molar-refractivity contribution >= 4 is 28.1 Å². The quantitative estimate of drug-likeness (QED) is 0.168. The molecule has 0 spiro atoms. The molecule has 12 heteroatoms. The average molecular weight is 456 g/mol. The van der Waals surface area contributed by atoms with Gasteiger partial charge in [0.25, 0.3) is 10.1 Å². The summed E-state index contributed by atoms with van der Waals surface area (Å²) >= 11 is 0. The van der Waals surface area contributed by atoms with Crippen molar-refractivity contribution in [3.63, 3.8) is 0 Å². The van der Waals surface area contributed by atoms with E-state index in [4.69, 9.17) is 18.4 Å². The van der Waals surface area contributed by atoms with Gasteiger partial charge < -0.3 is 24.6 Å². The first kappa shape index (κ1) is 28.1. The topological polar surface area (TPSA) is 155 Å². The van der Waals surface area contributed by atoms with Crippen LogP contribution in [-0.4, -0.2) is 69.5 Å². The third-order valence-electron chi connectivity index (χ3n) is 3.78. The highest BCUT2D eigenvalue weighted by Crippen LogP contribution is 2.24. The smallest absolute Gasteiger partial charge is 0.434 e. The summed E-state index contributed by atoms with van der Waals surface area (Å²) < 4.78 is 43.1. The standard InChI is InChI=1S/C18H33NO10S/c1-6-7-10-26-17(23)29-14(3)28-16(22)15(21)18(4,5)12-27-30(24,25)11-8-9-19-13(2)20/h14-15,21H,6-12H2,1-5H3,(H,19,20)/t14?,15-/m0/s1. The lowest BCUT2D eigenvalue weighted by atomic mass is 9.88. The van der Waals surface area contributed by atoms with E-state index in [1.54, 1.807) is 0 Å². The number of unbranched alkanes of at least 4 members (excludes halogenated alkanes) is 1. The Bertz CT molecular complexity index is 662. The number of nitrogens with one attached hydrogen (secondary N) is 1. The number of hydrogen-bond donors (Lipinski definition) is 2. The van der Waals surface area contributed by atoms with E-state index in [9.17, 15) is 27.9 Å². The van der Waals surface area contributed by atoms with Crippen LogP contribution in [0.1, 0.15) is 53.9 Å². The van der Waals surface area contributed by atoms with Crippen LogP contribution in [-0.2, 0) is 38.1 Å². The first-order valence-corrected chi connectivity index (χ1v) is 11.2. The van der Waals surface area contributed by atoms with Gasteiger partial charge in [0.05, 0.1) is 19.0 Å². The zero-order valence-corrected chi connectivity index (χ0v) is 19.0. The summed E-state index contributed by atoms with van der Waals surface area (Å²) in [6.45, 7) is 7.19. The maximum Gasteiger partial charge on any atom is 0.511 e. The van der Waals surface area contributed by atoms with Gasteiger partial charge >= 0.3 is 12.1 Å². The molecule has 0 saturated carbocycles. The number of carbonyl (C=O) groups is 3. The molecular weight excluding hydrogens is 422 g/mol. The maximum absolute atomic E-state index is 12.1. The highest BCUT2D eigenvalue weighted by atomic mass is 32.2. The minimum absolute atomic E-state index is 0.149. The van der Waals surface area contributed by atoms with Gasteiger partial charge in [-0.15, -0.1) is 0 Å². The number of esters is 1. The zero-order valence-electron chi connectivity index (χ0n) is 18.1. The second kappa shape index (κ2) is 13.4. The molecule has 0 aromatic rings.